The molecule has 4 N–H and O–H groups in total. The van der Waals surface area contributed by atoms with E-state index in [1.54, 1.807) is 6.07 Å². The van der Waals surface area contributed by atoms with E-state index in [4.69, 9.17) is 16.7 Å². The molecule has 4 heteroatoms. The lowest BCUT2D eigenvalue weighted by Crippen LogP contribution is -2.35. The van der Waals surface area contributed by atoms with Gasteiger partial charge in [0.2, 0.25) is 5.91 Å². The van der Waals surface area contributed by atoms with Gasteiger partial charge in [0.25, 0.3) is 0 Å². The van der Waals surface area contributed by atoms with E-state index in [1.165, 1.54) is 0 Å². The Morgan fingerprint density at radius 1 is 1.88 bits per heavy atom. The number of nitrogens with two attached hydrogens (primary N) is 2. The lowest BCUT2D eigenvalue weighted by atomic mass is 10.2. The van der Waals surface area contributed by atoms with Crippen molar-refractivity contribution in [2.24, 2.45) is 11.5 Å². The molecule has 0 aliphatic carbocycles. The summed E-state index contributed by atoms with van der Waals surface area (Å²) >= 11 is 0. The molecule has 4 nitrogen and oxygen atoms in total. The van der Waals surface area contributed by atoms with Gasteiger partial charge in [-0.1, -0.05) is 0 Å². The molecule has 8 heavy (non-hydrogen) atoms. The molecule has 0 saturated heterocycles. The zero-order chi connectivity index (χ0) is 6.57. The molecule has 0 spiro atoms. The molecule has 0 aromatic carbocycles. The van der Waals surface area contributed by atoms with Gasteiger partial charge in [0.15, 0.2) is 0 Å². The van der Waals surface area contributed by atoms with Gasteiger partial charge in [-0.05, 0) is 0 Å². The number of primary amides is 1. The molecule has 0 aromatic heterocycles. The maximum atomic E-state index is 10.0. The predicted molar refractivity (Wildman–Crippen MR) is 27.4 cm³/mol. The second kappa shape index (κ2) is 2.99. The first kappa shape index (κ1) is 6.92. The summed E-state index contributed by atoms with van der Waals surface area (Å²) in [5.41, 5.74) is 9.74. The third-order valence-corrected chi connectivity index (χ3v) is 0.677. The van der Waals surface area contributed by atoms with Gasteiger partial charge in [-0.2, -0.15) is 5.26 Å². The molecule has 0 unspecified atom stereocenters. The Bertz CT molecular complexity index is 126. The highest BCUT2D eigenvalue weighted by Gasteiger charge is 2.05. The Kier molecular flexibility index (Phi) is 2.59. The molecular weight excluding hydrogens is 106 g/mol. The fourth-order valence-electron chi connectivity index (χ4n) is 0.199. The molecule has 0 aliphatic heterocycles. The Labute approximate surface area is 47.1 Å². The Morgan fingerprint density at radius 2 is 2.38 bits per heavy atom. The van der Waals surface area contributed by atoms with Gasteiger partial charge < -0.3 is 11.5 Å². The number of amides is 1. The number of carbonyl (C=O) groups is 1. The van der Waals surface area contributed by atoms with Gasteiger partial charge in [0, 0.05) is 0 Å². The van der Waals surface area contributed by atoms with Crippen LogP contribution in [-0.4, -0.2) is 11.9 Å². The van der Waals surface area contributed by atoms with Crippen LogP contribution < -0.4 is 11.5 Å². The lowest BCUT2D eigenvalue weighted by Gasteiger charge is -1.97. The van der Waals surface area contributed by atoms with Crippen LogP contribution in [0.15, 0.2) is 0 Å². The minimum atomic E-state index is -0.806. The molecule has 1 atom stereocenters. The molecule has 0 rings (SSSR count). The molecule has 0 bridgehead atoms. The number of nitrogens with zero attached hydrogens (tertiary/aromatic N) is 1. The summed E-state index contributed by atoms with van der Waals surface area (Å²) in [6.45, 7) is 0. The van der Waals surface area contributed by atoms with Crippen molar-refractivity contribution >= 4 is 5.91 Å². The quantitative estimate of drug-likeness (QED) is 0.466. The highest BCUT2D eigenvalue weighted by molar-refractivity contribution is 5.79. The second-order valence-electron chi connectivity index (χ2n) is 1.37. The van der Waals surface area contributed by atoms with E-state index in [1.807, 2.05) is 0 Å². The SMILES string of the molecule is N#CC[C@H](N)C(N)=O. The van der Waals surface area contributed by atoms with E-state index < -0.39 is 11.9 Å². The zero-order valence-corrected chi connectivity index (χ0v) is 4.29. The van der Waals surface area contributed by atoms with Crippen molar-refractivity contribution in [3.63, 3.8) is 0 Å². The van der Waals surface area contributed by atoms with Crippen molar-refractivity contribution in [3.8, 4) is 6.07 Å². The summed E-state index contributed by atoms with van der Waals surface area (Å²) in [7, 11) is 0. The number of nitriles is 1. The minimum Gasteiger partial charge on any atom is -0.368 e. The van der Waals surface area contributed by atoms with E-state index in [0.717, 1.165) is 0 Å². The summed E-state index contributed by atoms with van der Waals surface area (Å²) in [4.78, 5) is 10.0. The predicted octanol–water partition coefficient (Wildman–Crippen LogP) is -1.29. The first-order valence-corrected chi connectivity index (χ1v) is 2.10. The Morgan fingerprint density at radius 3 is 2.50 bits per heavy atom. The van der Waals surface area contributed by atoms with Crippen molar-refractivity contribution in [1.29, 1.82) is 5.26 Å². The van der Waals surface area contributed by atoms with Crippen molar-refractivity contribution in [3.05, 3.63) is 0 Å². The van der Waals surface area contributed by atoms with Crippen LogP contribution in [0.2, 0.25) is 0 Å². The first-order chi connectivity index (χ1) is 3.68. The van der Waals surface area contributed by atoms with Crippen LogP contribution >= 0.6 is 0 Å². The average Bonchev–Trinajstić information content (AvgIpc) is 1.67. The fourth-order valence-corrected chi connectivity index (χ4v) is 0.199. The van der Waals surface area contributed by atoms with Crippen LogP contribution in [-0.2, 0) is 4.79 Å². The van der Waals surface area contributed by atoms with Crippen molar-refractivity contribution in [2.45, 2.75) is 12.5 Å². The van der Waals surface area contributed by atoms with E-state index in [0.29, 0.717) is 0 Å². The van der Waals surface area contributed by atoms with E-state index in [2.05, 4.69) is 0 Å². The summed E-state index contributed by atoms with van der Waals surface area (Å²) in [6, 6.07) is 0.917. The Balaban J connectivity index is 3.52. The average molecular weight is 113 g/mol. The third-order valence-electron chi connectivity index (χ3n) is 0.677. The van der Waals surface area contributed by atoms with Crippen LogP contribution in [0.25, 0.3) is 0 Å². The maximum Gasteiger partial charge on any atom is 0.235 e. The fraction of sp³-hybridized carbons (Fsp3) is 0.500. The van der Waals surface area contributed by atoms with Gasteiger partial charge in [0.1, 0.15) is 0 Å². The molecule has 0 saturated carbocycles. The number of hydrogen-bond acceptors (Lipinski definition) is 3. The van der Waals surface area contributed by atoms with Gasteiger partial charge in [-0.15, -0.1) is 0 Å². The molecule has 0 fully saturated rings. The van der Waals surface area contributed by atoms with Crippen molar-refractivity contribution < 1.29 is 4.79 Å². The van der Waals surface area contributed by atoms with Crippen molar-refractivity contribution in [2.75, 3.05) is 0 Å². The summed E-state index contributed by atoms with van der Waals surface area (Å²) in [6.07, 6.45) is -0.00463. The van der Waals surface area contributed by atoms with Crippen LogP contribution in [0.4, 0.5) is 0 Å². The maximum absolute atomic E-state index is 10.0. The molecule has 0 radical (unpaired) electrons. The smallest absolute Gasteiger partial charge is 0.235 e. The lowest BCUT2D eigenvalue weighted by molar-refractivity contribution is -0.119. The standard InChI is InChI=1S/C4H7N3O/c5-2-1-3(6)4(7)8/h3H,1,6H2,(H2,7,8)/t3-/m0/s1. The number of carbonyl (C=O) groups excluding carboxylic acids is 1. The largest absolute Gasteiger partial charge is 0.368 e. The van der Waals surface area contributed by atoms with Crippen LogP contribution in [0.5, 0.6) is 0 Å². The van der Waals surface area contributed by atoms with Gasteiger partial charge in [-0.25, -0.2) is 0 Å². The molecule has 44 valence electrons. The van der Waals surface area contributed by atoms with Crippen LogP contribution in [0.1, 0.15) is 6.42 Å². The molecule has 0 aliphatic rings. The normalized spacial score (nSPS) is 12.0. The monoisotopic (exact) mass is 113 g/mol. The first-order valence-electron chi connectivity index (χ1n) is 2.10. The van der Waals surface area contributed by atoms with Crippen LogP contribution in [0.3, 0.4) is 0 Å². The van der Waals surface area contributed by atoms with E-state index in [9.17, 15) is 4.79 Å². The Hall–Kier alpha value is -1.08. The number of hydrogen-bond donors (Lipinski definition) is 2. The van der Waals surface area contributed by atoms with Gasteiger partial charge >= 0.3 is 0 Å². The zero-order valence-electron chi connectivity index (χ0n) is 4.29. The number of rotatable bonds is 2. The van der Waals surface area contributed by atoms with E-state index in [-0.39, 0.29) is 6.42 Å². The second-order valence-corrected chi connectivity index (χ2v) is 1.37. The topological polar surface area (TPSA) is 92.9 Å². The molecular formula is C4H7N3O. The summed E-state index contributed by atoms with van der Waals surface area (Å²) in [5, 5.41) is 7.95. The van der Waals surface area contributed by atoms with Crippen molar-refractivity contribution in [1.82, 2.24) is 0 Å². The summed E-state index contributed by atoms with van der Waals surface area (Å²) in [5.74, 6) is -0.633. The third kappa shape index (κ3) is 2.16. The molecule has 0 aromatic rings. The summed E-state index contributed by atoms with van der Waals surface area (Å²) < 4.78 is 0. The van der Waals surface area contributed by atoms with Crippen LogP contribution in [0, 0.1) is 11.3 Å². The highest BCUT2D eigenvalue weighted by atomic mass is 16.1. The minimum absolute atomic E-state index is 0.00463. The highest BCUT2D eigenvalue weighted by Crippen LogP contribution is 1.80. The van der Waals surface area contributed by atoms with Gasteiger partial charge in [0.05, 0.1) is 18.5 Å². The molecule has 1 amide bonds. The van der Waals surface area contributed by atoms with Gasteiger partial charge in [-0.3, -0.25) is 4.79 Å². The van der Waals surface area contributed by atoms with E-state index >= 15 is 0 Å². The molecule has 0 heterocycles.